The Kier molecular flexibility index (Phi) is 9.11. The van der Waals surface area contributed by atoms with Crippen molar-refractivity contribution in [3.63, 3.8) is 0 Å². The highest BCUT2D eigenvalue weighted by atomic mass is 32.1. The fourth-order valence-corrected chi connectivity index (χ4v) is 4.24. The van der Waals surface area contributed by atoms with Crippen molar-refractivity contribution in [1.82, 2.24) is 0 Å². The number of hydrogen-bond donors (Lipinski definition) is 1. The Bertz CT molecular complexity index is 1390. The van der Waals surface area contributed by atoms with Crippen LogP contribution in [0.2, 0.25) is 0 Å². The summed E-state index contributed by atoms with van der Waals surface area (Å²) in [5.41, 5.74) is 0.250. The predicted molar refractivity (Wildman–Crippen MR) is 136 cm³/mol. The summed E-state index contributed by atoms with van der Waals surface area (Å²) < 4.78 is 17.7. The van der Waals surface area contributed by atoms with E-state index in [4.69, 9.17) is 19.3 Å². The lowest BCUT2D eigenvalue weighted by Crippen LogP contribution is -2.10. The first kappa shape index (κ1) is 25.6. The molecule has 3 aromatic carbocycles. The summed E-state index contributed by atoms with van der Waals surface area (Å²) in [6, 6.07) is 19.1. The maximum absolute atomic E-state index is 12.8. The van der Waals surface area contributed by atoms with Crippen LogP contribution < -0.4 is 14.9 Å². The average Bonchev–Trinajstić information content (AvgIpc) is 2.90. The molecule has 8 heteroatoms. The van der Waals surface area contributed by atoms with Crippen molar-refractivity contribution < 1.29 is 28.9 Å². The zero-order valence-corrected chi connectivity index (χ0v) is 19.9. The van der Waals surface area contributed by atoms with Gasteiger partial charge in [-0.15, -0.1) is 11.3 Å². The van der Waals surface area contributed by atoms with Gasteiger partial charge in [-0.1, -0.05) is 18.7 Å². The van der Waals surface area contributed by atoms with Crippen LogP contribution in [0.1, 0.15) is 16.8 Å². The lowest BCUT2D eigenvalue weighted by atomic mass is 10.1. The molecule has 0 fully saturated rings. The standard InChI is InChI=1S/C26H20O6S.CH4O/c1-2-24(27)32-19-11-9-18(10-12-19)30-14-5-15-31-26(29)17-8-13-23-21(16-17)25(28)20-6-3-4-7-22(20)33-23;1-2/h2-4,6-13,16H,1,5,14-15H2;2H,1H3. The number of carbonyl (C=O) groups is 2. The SMILES string of the molecule is C=CC(=O)Oc1ccc(OCCCOC(=O)c2ccc3sc4ccccc4c(=O)c3c2)cc1.CO. The minimum absolute atomic E-state index is 0.0901. The van der Waals surface area contributed by atoms with E-state index in [9.17, 15) is 14.4 Å². The van der Waals surface area contributed by atoms with Crippen LogP contribution in [-0.4, -0.2) is 37.4 Å². The summed E-state index contributed by atoms with van der Waals surface area (Å²) in [5, 5.41) is 8.16. The van der Waals surface area contributed by atoms with E-state index in [0.29, 0.717) is 40.9 Å². The van der Waals surface area contributed by atoms with Crippen LogP contribution in [0, 0.1) is 0 Å². The van der Waals surface area contributed by atoms with E-state index in [1.165, 1.54) is 11.3 Å². The van der Waals surface area contributed by atoms with Crippen LogP contribution in [0.5, 0.6) is 11.5 Å². The lowest BCUT2D eigenvalue weighted by molar-refractivity contribution is -0.128. The van der Waals surface area contributed by atoms with E-state index >= 15 is 0 Å². The average molecular weight is 493 g/mol. The Morgan fingerprint density at radius 1 is 0.914 bits per heavy atom. The lowest BCUT2D eigenvalue weighted by Gasteiger charge is -2.08. The summed E-state index contributed by atoms with van der Waals surface area (Å²) in [6.07, 6.45) is 1.58. The van der Waals surface area contributed by atoms with Gasteiger partial charge in [-0.3, -0.25) is 4.79 Å². The van der Waals surface area contributed by atoms with Crippen LogP contribution in [-0.2, 0) is 9.53 Å². The number of benzene rings is 3. The number of hydrogen-bond acceptors (Lipinski definition) is 8. The topological polar surface area (TPSA) is 99.1 Å². The van der Waals surface area contributed by atoms with Crippen molar-refractivity contribution in [3.05, 3.63) is 95.2 Å². The molecule has 0 aliphatic carbocycles. The Morgan fingerprint density at radius 2 is 1.60 bits per heavy atom. The molecule has 35 heavy (non-hydrogen) atoms. The second-order valence-electron chi connectivity index (χ2n) is 7.07. The van der Waals surface area contributed by atoms with Crippen LogP contribution in [0.25, 0.3) is 20.2 Å². The highest BCUT2D eigenvalue weighted by Crippen LogP contribution is 2.25. The number of carbonyl (C=O) groups excluding carboxylic acids is 2. The number of rotatable bonds is 8. The molecule has 0 aliphatic heterocycles. The molecule has 0 saturated carbocycles. The quantitative estimate of drug-likeness (QED) is 0.125. The zero-order chi connectivity index (χ0) is 25.2. The monoisotopic (exact) mass is 492 g/mol. The molecule has 0 bridgehead atoms. The second kappa shape index (κ2) is 12.5. The van der Waals surface area contributed by atoms with Crippen LogP contribution >= 0.6 is 11.3 Å². The molecular formula is C27H24O7S. The molecule has 0 radical (unpaired) electrons. The Hall–Kier alpha value is -4.01. The van der Waals surface area contributed by atoms with Crippen LogP contribution in [0.15, 0.2) is 84.2 Å². The molecule has 0 amide bonds. The summed E-state index contributed by atoms with van der Waals surface area (Å²) in [5.74, 6) is -0.0162. The predicted octanol–water partition coefficient (Wildman–Crippen LogP) is 4.74. The van der Waals surface area contributed by atoms with Crippen molar-refractivity contribution in [1.29, 1.82) is 0 Å². The highest BCUT2D eigenvalue weighted by molar-refractivity contribution is 7.24. The van der Waals surface area contributed by atoms with Gasteiger partial charge in [-0.2, -0.15) is 0 Å². The summed E-state index contributed by atoms with van der Waals surface area (Å²) in [4.78, 5) is 36.4. The van der Waals surface area contributed by atoms with Crippen molar-refractivity contribution in [2.75, 3.05) is 20.3 Å². The fourth-order valence-electron chi connectivity index (χ4n) is 3.19. The maximum Gasteiger partial charge on any atom is 0.338 e. The van der Waals surface area contributed by atoms with Crippen LogP contribution in [0.4, 0.5) is 0 Å². The van der Waals surface area contributed by atoms with Gasteiger partial charge in [0.2, 0.25) is 0 Å². The van der Waals surface area contributed by atoms with E-state index in [0.717, 1.165) is 22.6 Å². The third-order valence-corrected chi connectivity index (χ3v) is 5.96. The number of ether oxygens (including phenoxy) is 3. The van der Waals surface area contributed by atoms with Gasteiger partial charge in [0.25, 0.3) is 0 Å². The van der Waals surface area contributed by atoms with Crippen molar-refractivity contribution in [3.8, 4) is 11.5 Å². The van der Waals surface area contributed by atoms with E-state index in [1.54, 1.807) is 48.5 Å². The normalized spacial score (nSPS) is 10.2. The van der Waals surface area contributed by atoms with E-state index < -0.39 is 11.9 Å². The molecule has 4 aromatic rings. The Labute approximate surface area is 205 Å². The first-order chi connectivity index (χ1) is 17.0. The van der Waals surface area contributed by atoms with E-state index in [1.807, 2.05) is 18.2 Å². The van der Waals surface area contributed by atoms with Crippen molar-refractivity contribution in [2.45, 2.75) is 6.42 Å². The van der Waals surface area contributed by atoms with Gasteiger partial charge >= 0.3 is 11.9 Å². The molecule has 1 aromatic heterocycles. The molecule has 1 N–H and O–H groups in total. The number of fused-ring (bicyclic) bond motifs is 2. The Balaban J connectivity index is 0.00000167. The third-order valence-electron chi connectivity index (χ3n) is 4.81. The second-order valence-corrected chi connectivity index (χ2v) is 8.16. The molecule has 0 unspecified atom stereocenters. The largest absolute Gasteiger partial charge is 0.493 e. The highest BCUT2D eigenvalue weighted by Gasteiger charge is 2.12. The maximum atomic E-state index is 12.8. The zero-order valence-electron chi connectivity index (χ0n) is 19.1. The first-order valence-corrected chi connectivity index (χ1v) is 11.5. The van der Waals surface area contributed by atoms with Gasteiger partial charge in [0.1, 0.15) is 11.5 Å². The number of esters is 2. The van der Waals surface area contributed by atoms with Gasteiger partial charge in [-0.25, -0.2) is 9.59 Å². The summed E-state index contributed by atoms with van der Waals surface area (Å²) in [7, 11) is 1.00. The number of aliphatic hydroxyl groups excluding tert-OH is 1. The first-order valence-electron chi connectivity index (χ1n) is 10.7. The van der Waals surface area contributed by atoms with Gasteiger partial charge in [0, 0.05) is 39.8 Å². The van der Waals surface area contributed by atoms with E-state index in [-0.39, 0.29) is 12.0 Å². The molecule has 7 nitrogen and oxygen atoms in total. The summed E-state index contributed by atoms with van der Waals surface area (Å²) >= 11 is 1.52. The molecular weight excluding hydrogens is 468 g/mol. The van der Waals surface area contributed by atoms with Crippen LogP contribution in [0.3, 0.4) is 0 Å². The van der Waals surface area contributed by atoms with E-state index in [2.05, 4.69) is 6.58 Å². The fraction of sp³-hybridized carbons (Fsp3) is 0.148. The molecule has 0 saturated heterocycles. The van der Waals surface area contributed by atoms with Crippen molar-refractivity contribution >= 4 is 43.4 Å². The Morgan fingerprint density at radius 3 is 2.34 bits per heavy atom. The summed E-state index contributed by atoms with van der Waals surface area (Å²) in [6.45, 7) is 3.86. The number of aliphatic hydroxyl groups is 1. The third kappa shape index (κ3) is 6.53. The smallest absolute Gasteiger partial charge is 0.338 e. The van der Waals surface area contributed by atoms with Gasteiger partial charge < -0.3 is 19.3 Å². The van der Waals surface area contributed by atoms with Crippen molar-refractivity contribution in [2.24, 2.45) is 0 Å². The molecule has 1 heterocycles. The molecule has 0 aliphatic rings. The van der Waals surface area contributed by atoms with Gasteiger partial charge in [0.05, 0.1) is 18.8 Å². The minimum Gasteiger partial charge on any atom is -0.493 e. The molecule has 180 valence electrons. The molecule has 0 spiro atoms. The molecule has 0 atom stereocenters. The minimum atomic E-state index is -0.530. The molecule has 4 rings (SSSR count). The van der Waals surface area contributed by atoms with Gasteiger partial charge in [-0.05, 0) is 54.6 Å². The van der Waals surface area contributed by atoms with Gasteiger partial charge in [0.15, 0.2) is 5.43 Å².